The second kappa shape index (κ2) is 9.07. The average Bonchev–Trinajstić information content (AvgIpc) is 3.03. The SMILES string of the molecule is COC(=O)C(C)CC(=O)C=C(C)[C@H]1CC(=O)[C@@]2(C)C3=C(C(=O)C[C@]12C)[C@@]1(C)CCC(=O)C(C)(C)[C@@H]1C[C@@H]3O. The zero-order chi connectivity index (χ0) is 28.6. The number of hydrogen-bond acceptors (Lipinski definition) is 7. The van der Waals surface area contributed by atoms with E-state index in [1.165, 1.54) is 13.2 Å². The summed E-state index contributed by atoms with van der Waals surface area (Å²) in [6, 6.07) is 0. The fourth-order valence-corrected chi connectivity index (χ4v) is 8.71. The van der Waals surface area contributed by atoms with Crippen LogP contribution < -0.4 is 0 Å². The lowest BCUT2D eigenvalue weighted by molar-refractivity contribution is -0.146. The molecule has 0 aromatic carbocycles. The Morgan fingerprint density at radius 3 is 2.34 bits per heavy atom. The number of ketones is 4. The second-order valence-corrected chi connectivity index (χ2v) is 13.5. The molecule has 0 saturated heterocycles. The molecule has 1 unspecified atom stereocenters. The van der Waals surface area contributed by atoms with E-state index >= 15 is 0 Å². The van der Waals surface area contributed by atoms with Gasteiger partial charge in [-0.3, -0.25) is 24.0 Å². The van der Waals surface area contributed by atoms with Gasteiger partial charge in [-0.05, 0) is 55.6 Å². The van der Waals surface area contributed by atoms with Crippen molar-refractivity contribution in [1.82, 2.24) is 0 Å². The Hall–Kier alpha value is -2.41. The van der Waals surface area contributed by atoms with Crippen LogP contribution in [0.25, 0.3) is 0 Å². The Morgan fingerprint density at radius 2 is 1.74 bits per heavy atom. The first-order valence-electron chi connectivity index (χ1n) is 13.8. The number of carbonyl (C=O) groups is 5. The van der Waals surface area contributed by atoms with Crippen molar-refractivity contribution in [3.05, 3.63) is 22.8 Å². The average molecular weight is 527 g/mol. The Balaban J connectivity index is 1.78. The maximum absolute atomic E-state index is 14.1. The van der Waals surface area contributed by atoms with Crippen LogP contribution in [0.2, 0.25) is 0 Å². The molecule has 0 radical (unpaired) electrons. The van der Waals surface area contributed by atoms with Crippen LogP contribution in [0, 0.1) is 39.4 Å². The van der Waals surface area contributed by atoms with Crippen molar-refractivity contribution in [2.24, 2.45) is 39.4 Å². The predicted octanol–water partition coefficient (Wildman–Crippen LogP) is 4.35. The molecule has 1 N–H and O–H groups in total. The number of rotatable bonds is 5. The highest BCUT2D eigenvalue weighted by Crippen LogP contribution is 2.70. The maximum Gasteiger partial charge on any atom is 0.308 e. The lowest BCUT2D eigenvalue weighted by Gasteiger charge is -2.60. The zero-order valence-electron chi connectivity index (χ0n) is 24.0. The first kappa shape index (κ1) is 28.6. The summed E-state index contributed by atoms with van der Waals surface area (Å²) in [6.07, 6.45) is 2.08. The molecule has 2 fully saturated rings. The van der Waals surface area contributed by atoms with E-state index < -0.39 is 39.7 Å². The van der Waals surface area contributed by atoms with Gasteiger partial charge in [-0.25, -0.2) is 0 Å². The Morgan fingerprint density at radius 1 is 1.11 bits per heavy atom. The topological polar surface area (TPSA) is 115 Å². The van der Waals surface area contributed by atoms with E-state index in [1.54, 1.807) is 6.92 Å². The molecule has 0 spiro atoms. The Labute approximate surface area is 225 Å². The summed E-state index contributed by atoms with van der Waals surface area (Å²) < 4.78 is 4.73. The minimum absolute atomic E-state index is 0.000143. The van der Waals surface area contributed by atoms with Gasteiger partial charge in [-0.1, -0.05) is 40.2 Å². The summed E-state index contributed by atoms with van der Waals surface area (Å²) in [5.41, 5.74) is -1.29. The molecular formula is C31H42O7. The highest BCUT2D eigenvalue weighted by molar-refractivity contribution is 6.06. The van der Waals surface area contributed by atoms with Gasteiger partial charge in [0.2, 0.25) is 0 Å². The minimum atomic E-state index is -1.06. The third kappa shape index (κ3) is 3.75. The molecule has 0 amide bonds. The summed E-state index contributed by atoms with van der Waals surface area (Å²) in [5, 5.41) is 11.6. The molecule has 0 bridgehead atoms. The molecule has 4 rings (SSSR count). The summed E-state index contributed by atoms with van der Waals surface area (Å²) in [4.78, 5) is 65.4. The number of Topliss-reactive ketones (excluding diaryl/α,β-unsaturated/α-hetero) is 3. The van der Waals surface area contributed by atoms with Crippen LogP contribution >= 0.6 is 0 Å². The second-order valence-electron chi connectivity index (χ2n) is 13.5. The van der Waals surface area contributed by atoms with Crippen LogP contribution in [0.1, 0.15) is 87.0 Å². The highest BCUT2D eigenvalue weighted by atomic mass is 16.5. The molecule has 7 nitrogen and oxygen atoms in total. The van der Waals surface area contributed by atoms with Crippen LogP contribution in [-0.4, -0.2) is 47.4 Å². The van der Waals surface area contributed by atoms with E-state index in [2.05, 4.69) is 0 Å². The van der Waals surface area contributed by atoms with E-state index in [-0.39, 0.29) is 54.2 Å². The molecule has 0 heterocycles. The van der Waals surface area contributed by atoms with Crippen molar-refractivity contribution in [2.75, 3.05) is 7.11 Å². The van der Waals surface area contributed by atoms with Gasteiger partial charge in [-0.2, -0.15) is 0 Å². The highest BCUT2D eigenvalue weighted by Gasteiger charge is 2.70. The predicted molar refractivity (Wildman–Crippen MR) is 141 cm³/mol. The van der Waals surface area contributed by atoms with Crippen molar-refractivity contribution < 1.29 is 33.8 Å². The van der Waals surface area contributed by atoms with Gasteiger partial charge in [0.25, 0.3) is 0 Å². The summed E-state index contributed by atoms with van der Waals surface area (Å²) in [7, 11) is 1.29. The van der Waals surface area contributed by atoms with Crippen molar-refractivity contribution in [2.45, 2.75) is 93.1 Å². The van der Waals surface area contributed by atoms with Crippen LogP contribution in [-0.2, 0) is 28.7 Å². The summed E-state index contributed by atoms with van der Waals surface area (Å²) >= 11 is 0. The van der Waals surface area contributed by atoms with E-state index in [9.17, 15) is 29.1 Å². The lowest BCUT2D eigenvalue weighted by atomic mass is 9.42. The maximum atomic E-state index is 14.1. The number of aliphatic hydroxyl groups excluding tert-OH is 1. The van der Waals surface area contributed by atoms with Crippen LogP contribution in [0.15, 0.2) is 22.8 Å². The van der Waals surface area contributed by atoms with Gasteiger partial charge >= 0.3 is 5.97 Å². The molecule has 4 aliphatic carbocycles. The van der Waals surface area contributed by atoms with Gasteiger partial charge in [0, 0.05) is 42.1 Å². The van der Waals surface area contributed by atoms with Crippen molar-refractivity contribution >= 4 is 29.1 Å². The Bertz CT molecular complexity index is 1190. The van der Waals surface area contributed by atoms with E-state index in [0.717, 1.165) is 0 Å². The molecule has 0 aromatic heterocycles. The lowest BCUT2D eigenvalue weighted by Crippen LogP contribution is -2.59. The molecule has 38 heavy (non-hydrogen) atoms. The van der Waals surface area contributed by atoms with Crippen LogP contribution in [0.4, 0.5) is 0 Å². The third-order valence-corrected chi connectivity index (χ3v) is 11.1. The molecule has 0 aromatic rings. The van der Waals surface area contributed by atoms with Crippen molar-refractivity contribution in [1.29, 1.82) is 0 Å². The molecular weight excluding hydrogens is 484 g/mol. The molecule has 7 heteroatoms. The molecule has 208 valence electrons. The van der Waals surface area contributed by atoms with E-state index in [1.807, 2.05) is 41.5 Å². The number of fused-ring (bicyclic) bond motifs is 4. The largest absolute Gasteiger partial charge is 0.469 e. The summed E-state index contributed by atoms with van der Waals surface area (Å²) in [5.74, 6) is -1.74. The van der Waals surface area contributed by atoms with Gasteiger partial charge in [0.1, 0.15) is 11.6 Å². The van der Waals surface area contributed by atoms with Gasteiger partial charge in [0.05, 0.1) is 24.5 Å². The number of esters is 1. The monoisotopic (exact) mass is 526 g/mol. The standard InChI is InChI=1S/C31H42O7/c1-16(11-18(32)12-17(2)27(37)38-8)19-13-24(36)31(7)26-20(33)14-22-28(3,4)23(35)9-10-29(22,5)25(26)21(34)15-30(19,31)6/h11,17,19-20,22,33H,9-10,12-15H2,1-8H3/t17?,19-,20+,22+,29+,30-,31+/m1/s1. The fourth-order valence-electron chi connectivity index (χ4n) is 8.71. The number of methoxy groups -OCH3 is 1. The third-order valence-electron chi connectivity index (χ3n) is 11.1. The van der Waals surface area contributed by atoms with E-state index in [0.29, 0.717) is 36.0 Å². The van der Waals surface area contributed by atoms with Crippen molar-refractivity contribution in [3.8, 4) is 0 Å². The number of carbonyl (C=O) groups excluding carboxylic acids is 5. The number of aliphatic hydroxyl groups is 1. The van der Waals surface area contributed by atoms with E-state index in [4.69, 9.17) is 4.74 Å². The minimum Gasteiger partial charge on any atom is -0.469 e. The molecule has 7 atom stereocenters. The zero-order valence-corrected chi connectivity index (χ0v) is 24.0. The number of hydrogen-bond donors (Lipinski definition) is 1. The molecule has 2 saturated carbocycles. The quantitative estimate of drug-likeness (QED) is 0.418. The molecule has 4 aliphatic rings. The fraction of sp³-hybridized carbons (Fsp3) is 0.710. The van der Waals surface area contributed by atoms with Crippen LogP contribution in [0.3, 0.4) is 0 Å². The molecule has 0 aliphatic heterocycles. The van der Waals surface area contributed by atoms with Gasteiger partial charge in [-0.15, -0.1) is 0 Å². The normalized spacial score (nSPS) is 39.3. The van der Waals surface area contributed by atoms with Gasteiger partial charge < -0.3 is 9.84 Å². The summed E-state index contributed by atoms with van der Waals surface area (Å²) in [6.45, 7) is 13.1. The first-order chi connectivity index (χ1) is 17.5. The first-order valence-corrected chi connectivity index (χ1v) is 13.8. The van der Waals surface area contributed by atoms with Crippen molar-refractivity contribution in [3.63, 3.8) is 0 Å². The number of allylic oxidation sites excluding steroid dienone is 3. The van der Waals surface area contributed by atoms with Gasteiger partial charge in [0.15, 0.2) is 11.6 Å². The number of ether oxygens (including phenoxy) is 1. The Kier molecular flexibility index (Phi) is 6.83. The smallest absolute Gasteiger partial charge is 0.308 e. The van der Waals surface area contributed by atoms with Crippen LogP contribution in [0.5, 0.6) is 0 Å².